The largest absolute Gasteiger partial charge is 0.436 e. The first kappa shape index (κ1) is 13.5. The van der Waals surface area contributed by atoms with Crippen molar-refractivity contribution < 1.29 is 9.53 Å². The second-order valence-corrected chi connectivity index (χ2v) is 4.73. The number of nitrogens with zero attached hydrogens (tertiary/aromatic N) is 2. The number of aryl methyl sites for hydroxylation is 1. The summed E-state index contributed by atoms with van der Waals surface area (Å²) in [6.07, 6.45) is 0. The standard InChI is InChI=1S/C13H12BrN3O2/c1-8-3-5-11(9(14)7-8)19-12-6-4-10(16-17-12)13(18)15-2/h3-7H,1-2H3,(H,15,18). The van der Waals surface area contributed by atoms with E-state index in [0.29, 0.717) is 11.6 Å². The number of aromatic nitrogens is 2. The van der Waals surface area contributed by atoms with E-state index in [9.17, 15) is 4.79 Å². The highest BCUT2D eigenvalue weighted by molar-refractivity contribution is 9.10. The molecule has 2 aromatic rings. The van der Waals surface area contributed by atoms with E-state index in [2.05, 4.69) is 31.4 Å². The van der Waals surface area contributed by atoms with Crippen molar-refractivity contribution in [2.75, 3.05) is 7.05 Å². The van der Waals surface area contributed by atoms with Gasteiger partial charge in [-0.15, -0.1) is 10.2 Å². The topological polar surface area (TPSA) is 64.1 Å². The van der Waals surface area contributed by atoms with Crippen LogP contribution in [0.3, 0.4) is 0 Å². The molecule has 19 heavy (non-hydrogen) atoms. The van der Waals surface area contributed by atoms with Gasteiger partial charge in [-0.1, -0.05) is 6.07 Å². The number of halogens is 1. The van der Waals surface area contributed by atoms with Crippen LogP contribution in [-0.4, -0.2) is 23.2 Å². The third-order valence-electron chi connectivity index (χ3n) is 2.40. The lowest BCUT2D eigenvalue weighted by Gasteiger charge is -2.07. The molecule has 0 bridgehead atoms. The van der Waals surface area contributed by atoms with Crippen LogP contribution in [0, 0.1) is 6.92 Å². The minimum atomic E-state index is -0.282. The molecule has 0 saturated heterocycles. The second kappa shape index (κ2) is 5.79. The van der Waals surface area contributed by atoms with Crippen molar-refractivity contribution in [2.24, 2.45) is 0 Å². The zero-order valence-corrected chi connectivity index (χ0v) is 12.1. The van der Waals surface area contributed by atoms with Gasteiger partial charge in [-0.3, -0.25) is 4.79 Å². The molecular formula is C13H12BrN3O2. The quantitative estimate of drug-likeness (QED) is 0.944. The van der Waals surface area contributed by atoms with Gasteiger partial charge >= 0.3 is 0 Å². The number of rotatable bonds is 3. The Kier molecular flexibility index (Phi) is 4.11. The maximum absolute atomic E-state index is 11.3. The van der Waals surface area contributed by atoms with E-state index >= 15 is 0 Å². The molecule has 0 fully saturated rings. The summed E-state index contributed by atoms with van der Waals surface area (Å²) in [6, 6.07) is 8.88. The average Bonchev–Trinajstić information content (AvgIpc) is 2.42. The van der Waals surface area contributed by atoms with Crippen LogP contribution in [0.5, 0.6) is 11.6 Å². The highest BCUT2D eigenvalue weighted by Gasteiger charge is 2.08. The number of hydrogen-bond donors (Lipinski definition) is 1. The van der Waals surface area contributed by atoms with Crippen LogP contribution in [0.4, 0.5) is 0 Å². The molecule has 5 nitrogen and oxygen atoms in total. The van der Waals surface area contributed by atoms with Crippen LogP contribution in [0.25, 0.3) is 0 Å². The first-order valence-electron chi connectivity index (χ1n) is 5.60. The SMILES string of the molecule is CNC(=O)c1ccc(Oc2ccc(C)cc2Br)nn1. The summed E-state index contributed by atoms with van der Waals surface area (Å²) in [5, 5.41) is 10.1. The summed E-state index contributed by atoms with van der Waals surface area (Å²) in [5.74, 6) is 0.695. The number of nitrogens with one attached hydrogen (secondary N) is 1. The van der Waals surface area contributed by atoms with Gasteiger partial charge in [0, 0.05) is 13.1 Å². The molecule has 1 aromatic carbocycles. The third kappa shape index (κ3) is 3.29. The van der Waals surface area contributed by atoms with Gasteiger partial charge in [-0.2, -0.15) is 0 Å². The minimum absolute atomic E-state index is 0.248. The summed E-state index contributed by atoms with van der Waals surface area (Å²) in [6.45, 7) is 1.99. The zero-order valence-electron chi connectivity index (χ0n) is 10.5. The predicted molar refractivity (Wildman–Crippen MR) is 74.4 cm³/mol. The Morgan fingerprint density at radius 3 is 2.63 bits per heavy atom. The van der Waals surface area contributed by atoms with E-state index in [1.54, 1.807) is 12.1 Å². The molecule has 2 rings (SSSR count). The molecule has 0 atom stereocenters. The van der Waals surface area contributed by atoms with Gasteiger partial charge in [-0.05, 0) is 46.6 Å². The molecule has 6 heteroatoms. The van der Waals surface area contributed by atoms with Crippen molar-refractivity contribution in [3.63, 3.8) is 0 Å². The fourth-order valence-corrected chi connectivity index (χ4v) is 2.00. The molecule has 1 aromatic heterocycles. The summed E-state index contributed by atoms with van der Waals surface area (Å²) in [5.41, 5.74) is 1.37. The molecule has 0 aliphatic heterocycles. The fraction of sp³-hybridized carbons (Fsp3) is 0.154. The molecule has 0 aliphatic rings. The average molecular weight is 322 g/mol. The number of carbonyl (C=O) groups is 1. The Bertz CT molecular complexity index is 599. The Balaban J connectivity index is 2.17. The lowest BCUT2D eigenvalue weighted by molar-refractivity contribution is 0.0957. The Morgan fingerprint density at radius 1 is 1.26 bits per heavy atom. The van der Waals surface area contributed by atoms with E-state index < -0.39 is 0 Å². The molecule has 0 radical (unpaired) electrons. The molecule has 0 unspecified atom stereocenters. The highest BCUT2D eigenvalue weighted by Crippen LogP contribution is 2.29. The third-order valence-corrected chi connectivity index (χ3v) is 3.02. The Morgan fingerprint density at radius 2 is 2.05 bits per heavy atom. The maximum Gasteiger partial charge on any atom is 0.271 e. The van der Waals surface area contributed by atoms with Crippen LogP contribution >= 0.6 is 15.9 Å². The molecule has 0 aliphatic carbocycles. The smallest absolute Gasteiger partial charge is 0.271 e. The number of benzene rings is 1. The summed E-state index contributed by atoms with van der Waals surface area (Å²) in [7, 11) is 1.54. The normalized spacial score (nSPS) is 10.1. The number of hydrogen-bond acceptors (Lipinski definition) is 4. The summed E-state index contributed by atoms with van der Waals surface area (Å²) < 4.78 is 6.42. The molecule has 1 heterocycles. The molecule has 98 valence electrons. The Labute approximate surface area is 119 Å². The van der Waals surface area contributed by atoms with E-state index in [0.717, 1.165) is 10.0 Å². The zero-order chi connectivity index (χ0) is 13.8. The van der Waals surface area contributed by atoms with Gasteiger partial charge in [-0.25, -0.2) is 0 Å². The first-order chi connectivity index (χ1) is 9.10. The monoisotopic (exact) mass is 321 g/mol. The van der Waals surface area contributed by atoms with Gasteiger partial charge in [0.15, 0.2) is 5.69 Å². The van der Waals surface area contributed by atoms with Crippen LogP contribution in [0.2, 0.25) is 0 Å². The van der Waals surface area contributed by atoms with Gasteiger partial charge in [0.05, 0.1) is 4.47 Å². The molecule has 1 amide bonds. The van der Waals surface area contributed by atoms with Gasteiger partial charge in [0.25, 0.3) is 5.91 Å². The lowest BCUT2D eigenvalue weighted by Crippen LogP contribution is -2.19. The van der Waals surface area contributed by atoms with Gasteiger partial charge < -0.3 is 10.1 Å². The van der Waals surface area contributed by atoms with Crippen molar-refractivity contribution >= 4 is 21.8 Å². The lowest BCUT2D eigenvalue weighted by atomic mass is 10.2. The van der Waals surface area contributed by atoms with E-state index in [1.807, 2.05) is 25.1 Å². The number of amides is 1. The summed E-state index contributed by atoms with van der Waals surface area (Å²) >= 11 is 3.42. The Hall–Kier alpha value is -1.95. The van der Waals surface area contributed by atoms with Crippen molar-refractivity contribution in [2.45, 2.75) is 6.92 Å². The predicted octanol–water partition coefficient (Wildman–Crippen LogP) is 2.70. The molecule has 0 saturated carbocycles. The minimum Gasteiger partial charge on any atom is -0.436 e. The maximum atomic E-state index is 11.3. The van der Waals surface area contributed by atoms with Crippen molar-refractivity contribution in [3.05, 3.63) is 46.1 Å². The van der Waals surface area contributed by atoms with Crippen LogP contribution < -0.4 is 10.1 Å². The number of carbonyl (C=O) groups excluding carboxylic acids is 1. The van der Waals surface area contributed by atoms with Crippen molar-refractivity contribution in [3.8, 4) is 11.6 Å². The van der Waals surface area contributed by atoms with E-state index in [-0.39, 0.29) is 11.6 Å². The molecular weight excluding hydrogens is 310 g/mol. The number of ether oxygens (including phenoxy) is 1. The van der Waals surface area contributed by atoms with Crippen molar-refractivity contribution in [1.82, 2.24) is 15.5 Å². The van der Waals surface area contributed by atoms with Gasteiger partial charge in [0.1, 0.15) is 5.75 Å². The van der Waals surface area contributed by atoms with Crippen molar-refractivity contribution in [1.29, 1.82) is 0 Å². The van der Waals surface area contributed by atoms with E-state index in [4.69, 9.17) is 4.74 Å². The highest BCUT2D eigenvalue weighted by atomic mass is 79.9. The molecule has 1 N–H and O–H groups in total. The van der Waals surface area contributed by atoms with Crippen LogP contribution in [-0.2, 0) is 0 Å². The van der Waals surface area contributed by atoms with E-state index in [1.165, 1.54) is 7.05 Å². The fourth-order valence-electron chi connectivity index (χ4n) is 1.42. The summed E-state index contributed by atoms with van der Waals surface area (Å²) in [4.78, 5) is 11.3. The van der Waals surface area contributed by atoms with Crippen LogP contribution in [0.1, 0.15) is 16.1 Å². The first-order valence-corrected chi connectivity index (χ1v) is 6.39. The van der Waals surface area contributed by atoms with Crippen LogP contribution in [0.15, 0.2) is 34.8 Å². The van der Waals surface area contributed by atoms with Gasteiger partial charge in [0.2, 0.25) is 5.88 Å². The second-order valence-electron chi connectivity index (χ2n) is 3.87. The molecule has 0 spiro atoms.